The van der Waals surface area contributed by atoms with Gasteiger partial charge < -0.3 is 10.2 Å². The number of carbonyl (C=O) groups excluding carboxylic acids is 1. The standard InChI is InChI=1S/C23H22BrFN4O2/c1-15-12-18(7-8-20(15)24)26-23(31)16-4-3-11-28(14-16)21-9-10-22(30)29(27-21)19-6-2-5-17(25)13-19/h2,5-10,12-13,16H,3-4,11,14H2,1H3,(H,26,31)/t16-/m1/s1. The molecule has 1 aliphatic heterocycles. The molecule has 0 unspecified atom stereocenters. The predicted molar refractivity (Wildman–Crippen MR) is 122 cm³/mol. The Morgan fingerprint density at radius 3 is 2.81 bits per heavy atom. The first-order valence-corrected chi connectivity index (χ1v) is 10.9. The van der Waals surface area contributed by atoms with Gasteiger partial charge in [0.1, 0.15) is 11.6 Å². The van der Waals surface area contributed by atoms with Crippen molar-refractivity contribution in [1.29, 1.82) is 0 Å². The van der Waals surface area contributed by atoms with Crippen LogP contribution in [0.15, 0.2) is 63.9 Å². The summed E-state index contributed by atoms with van der Waals surface area (Å²) in [5.41, 5.74) is 1.84. The van der Waals surface area contributed by atoms with Crippen molar-refractivity contribution in [2.75, 3.05) is 23.3 Å². The van der Waals surface area contributed by atoms with Gasteiger partial charge in [0.15, 0.2) is 0 Å². The SMILES string of the molecule is Cc1cc(NC(=O)[C@@H]2CCCN(c3ccc(=O)n(-c4cccc(F)c4)n3)C2)ccc1Br. The lowest BCUT2D eigenvalue weighted by Gasteiger charge is -2.33. The Balaban J connectivity index is 1.52. The highest BCUT2D eigenvalue weighted by Gasteiger charge is 2.27. The van der Waals surface area contributed by atoms with Crippen LogP contribution in [0.3, 0.4) is 0 Å². The van der Waals surface area contributed by atoms with Crippen molar-refractivity contribution in [1.82, 2.24) is 9.78 Å². The maximum atomic E-state index is 13.6. The van der Waals surface area contributed by atoms with Crippen molar-refractivity contribution in [2.24, 2.45) is 5.92 Å². The Bertz CT molecular complexity index is 1180. The van der Waals surface area contributed by atoms with Crippen LogP contribution in [0, 0.1) is 18.7 Å². The largest absolute Gasteiger partial charge is 0.354 e. The van der Waals surface area contributed by atoms with Crippen molar-refractivity contribution >= 4 is 33.3 Å². The van der Waals surface area contributed by atoms with Gasteiger partial charge >= 0.3 is 0 Å². The van der Waals surface area contributed by atoms with Crippen molar-refractivity contribution in [3.63, 3.8) is 0 Å². The molecule has 160 valence electrons. The highest BCUT2D eigenvalue weighted by molar-refractivity contribution is 9.10. The summed E-state index contributed by atoms with van der Waals surface area (Å²) in [6, 6.07) is 14.5. The predicted octanol–water partition coefficient (Wildman–Crippen LogP) is 4.30. The number of amides is 1. The Kier molecular flexibility index (Phi) is 6.18. The van der Waals surface area contributed by atoms with Crippen LogP contribution >= 0.6 is 15.9 Å². The number of anilines is 2. The number of nitrogens with zero attached hydrogens (tertiary/aromatic N) is 3. The fourth-order valence-corrected chi connectivity index (χ4v) is 3.98. The lowest BCUT2D eigenvalue weighted by molar-refractivity contribution is -0.120. The molecule has 0 spiro atoms. The third-order valence-electron chi connectivity index (χ3n) is 5.38. The molecule has 1 amide bonds. The molecular formula is C23H22BrFN4O2. The maximum absolute atomic E-state index is 13.6. The second-order valence-corrected chi connectivity index (χ2v) is 8.51. The fraction of sp³-hybridized carbons (Fsp3) is 0.261. The molecule has 8 heteroatoms. The van der Waals surface area contributed by atoms with E-state index < -0.39 is 5.82 Å². The summed E-state index contributed by atoms with van der Waals surface area (Å²) in [7, 11) is 0. The number of piperidine rings is 1. The van der Waals surface area contributed by atoms with Crippen LogP contribution in [-0.2, 0) is 4.79 Å². The van der Waals surface area contributed by atoms with Gasteiger partial charge in [-0.25, -0.2) is 4.39 Å². The van der Waals surface area contributed by atoms with Crippen LogP contribution in [0.1, 0.15) is 18.4 Å². The molecule has 0 aliphatic carbocycles. The summed E-state index contributed by atoms with van der Waals surface area (Å²) in [5, 5.41) is 7.43. The zero-order valence-corrected chi connectivity index (χ0v) is 18.6. The molecule has 2 heterocycles. The van der Waals surface area contributed by atoms with Crippen molar-refractivity contribution in [3.8, 4) is 5.69 Å². The molecule has 1 aliphatic rings. The van der Waals surface area contributed by atoms with E-state index in [1.807, 2.05) is 30.0 Å². The monoisotopic (exact) mass is 484 g/mol. The smallest absolute Gasteiger partial charge is 0.271 e. The average Bonchev–Trinajstić information content (AvgIpc) is 2.77. The number of rotatable bonds is 4. The van der Waals surface area contributed by atoms with E-state index in [0.717, 1.165) is 35.1 Å². The molecule has 1 aromatic heterocycles. The molecule has 4 rings (SSSR count). The Labute approximate surface area is 187 Å². The summed E-state index contributed by atoms with van der Waals surface area (Å²) in [6.45, 7) is 3.20. The van der Waals surface area contributed by atoms with E-state index in [0.29, 0.717) is 18.1 Å². The van der Waals surface area contributed by atoms with E-state index in [4.69, 9.17) is 0 Å². The highest BCUT2D eigenvalue weighted by Crippen LogP contribution is 2.24. The minimum Gasteiger partial charge on any atom is -0.354 e. The van der Waals surface area contributed by atoms with Gasteiger partial charge in [-0.1, -0.05) is 22.0 Å². The average molecular weight is 485 g/mol. The molecule has 2 aromatic carbocycles. The Morgan fingerprint density at radius 2 is 2.03 bits per heavy atom. The summed E-state index contributed by atoms with van der Waals surface area (Å²) in [5.74, 6) is -0.0886. The Hall–Kier alpha value is -3.00. The number of benzene rings is 2. The second kappa shape index (κ2) is 9.01. The van der Waals surface area contributed by atoms with Gasteiger partial charge in [-0.2, -0.15) is 4.68 Å². The molecular weight excluding hydrogens is 463 g/mol. The number of hydrogen-bond donors (Lipinski definition) is 1. The first-order valence-electron chi connectivity index (χ1n) is 10.1. The molecule has 1 saturated heterocycles. The second-order valence-electron chi connectivity index (χ2n) is 7.66. The first-order chi connectivity index (χ1) is 14.9. The molecule has 0 saturated carbocycles. The third kappa shape index (κ3) is 4.85. The zero-order valence-electron chi connectivity index (χ0n) is 17.0. The van der Waals surface area contributed by atoms with Crippen LogP contribution < -0.4 is 15.8 Å². The minimum atomic E-state index is -0.436. The quantitative estimate of drug-likeness (QED) is 0.599. The lowest BCUT2D eigenvalue weighted by Crippen LogP contribution is -2.41. The highest BCUT2D eigenvalue weighted by atomic mass is 79.9. The summed E-state index contributed by atoms with van der Waals surface area (Å²) >= 11 is 3.47. The van der Waals surface area contributed by atoms with E-state index in [-0.39, 0.29) is 17.4 Å². The fourth-order valence-electron chi connectivity index (χ4n) is 3.73. The van der Waals surface area contributed by atoms with E-state index >= 15 is 0 Å². The van der Waals surface area contributed by atoms with Crippen LogP contribution in [0.2, 0.25) is 0 Å². The lowest BCUT2D eigenvalue weighted by atomic mass is 9.97. The van der Waals surface area contributed by atoms with Gasteiger partial charge in [0, 0.05) is 29.3 Å². The minimum absolute atomic E-state index is 0.0372. The molecule has 0 bridgehead atoms. The van der Waals surface area contributed by atoms with Gasteiger partial charge in [0.05, 0.1) is 11.6 Å². The van der Waals surface area contributed by atoms with E-state index in [2.05, 4.69) is 26.3 Å². The van der Waals surface area contributed by atoms with E-state index in [1.165, 1.54) is 28.9 Å². The number of hydrogen-bond acceptors (Lipinski definition) is 4. The molecule has 1 fully saturated rings. The summed E-state index contributed by atoms with van der Waals surface area (Å²) in [6.07, 6.45) is 1.61. The molecule has 3 aromatic rings. The number of aryl methyl sites for hydroxylation is 1. The van der Waals surface area contributed by atoms with Crippen LogP contribution in [0.4, 0.5) is 15.9 Å². The zero-order chi connectivity index (χ0) is 22.0. The van der Waals surface area contributed by atoms with Gasteiger partial charge in [0.2, 0.25) is 5.91 Å². The van der Waals surface area contributed by atoms with Gasteiger partial charge in [-0.15, -0.1) is 5.10 Å². The molecule has 0 radical (unpaired) electrons. The normalized spacial score (nSPS) is 16.2. The number of nitrogens with one attached hydrogen (secondary N) is 1. The number of carbonyl (C=O) groups is 1. The van der Waals surface area contributed by atoms with Crippen molar-refractivity contribution in [3.05, 3.63) is 80.8 Å². The summed E-state index contributed by atoms with van der Waals surface area (Å²) in [4.78, 5) is 27.1. The van der Waals surface area contributed by atoms with Crippen molar-refractivity contribution in [2.45, 2.75) is 19.8 Å². The van der Waals surface area contributed by atoms with E-state index in [9.17, 15) is 14.0 Å². The first kappa shape index (κ1) is 21.2. The number of halogens is 2. The van der Waals surface area contributed by atoms with Crippen LogP contribution in [-0.4, -0.2) is 28.8 Å². The van der Waals surface area contributed by atoms with E-state index in [1.54, 1.807) is 12.1 Å². The summed E-state index contributed by atoms with van der Waals surface area (Å²) < 4.78 is 15.8. The molecule has 31 heavy (non-hydrogen) atoms. The van der Waals surface area contributed by atoms with Gasteiger partial charge in [0.25, 0.3) is 5.56 Å². The topological polar surface area (TPSA) is 67.2 Å². The third-order valence-corrected chi connectivity index (χ3v) is 6.27. The number of aromatic nitrogens is 2. The van der Waals surface area contributed by atoms with Crippen molar-refractivity contribution < 1.29 is 9.18 Å². The Morgan fingerprint density at radius 1 is 1.19 bits per heavy atom. The molecule has 6 nitrogen and oxygen atoms in total. The maximum Gasteiger partial charge on any atom is 0.271 e. The van der Waals surface area contributed by atoms with Gasteiger partial charge in [-0.3, -0.25) is 9.59 Å². The van der Waals surface area contributed by atoms with Crippen LogP contribution in [0.5, 0.6) is 0 Å². The van der Waals surface area contributed by atoms with Gasteiger partial charge in [-0.05, 0) is 67.8 Å². The molecule has 1 N–H and O–H groups in total. The molecule has 1 atom stereocenters. The van der Waals surface area contributed by atoms with Crippen LogP contribution in [0.25, 0.3) is 5.69 Å².